The lowest BCUT2D eigenvalue weighted by atomic mass is 9.68. The van der Waals surface area contributed by atoms with Crippen LogP contribution in [0.25, 0.3) is 0 Å². The number of nitrogens with one attached hydrogen (secondary N) is 1. The summed E-state index contributed by atoms with van der Waals surface area (Å²) in [6, 6.07) is 8.01. The number of fused-ring (bicyclic) bond motifs is 1. The summed E-state index contributed by atoms with van der Waals surface area (Å²) in [5, 5.41) is 4.20. The summed E-state index contributed by atoms with van der Waals surface area (Å²) < 4.78 is 0. The van der Waals surface area contributed by atoms with Gasteiger partial charge in [-0.25, -0.2) is 0 Å². The molecular weight excluding hydrogens is 308 g/mol. The molecule has 2 aliphatic heterocycles. The molecule has 4 rings (SSSR count). The summed E-state index contributed by atoms with van der Waals surface area (Å²) in [4.78, 5) is 15.7. The van der Waals surface area contributed by atoms with E-state index < -0.39 is 0 Å². The fraction of sp³-hybridized carbons (Fsp3) is 0.632. The largest absolute Gasteiger partial charge is 0.341 e. The van der Waals surface area contributed by atoms with Gasteiger partial charge in [0.05, 0.1) is 5.41 Å². The van der Waals surface area contributed by atoms with Crippen molar-refractivity contribution in [2.45, 2.75) is 37.5 Å². The van der Waals surface area contributed by atoms with Crippen LogP contribution in [0.4, 0.5) is 0 Å². The van der Waals surface area contributed by atoms with E-state index in [0.29, 0.717) is 17.7 Å². The number of rotatable bonds is 2. The van der Waals surface area contributed by atoms with Crippen molar-refractivity contribution < 1.29 is 4.79 Å². The molecule has 1 aromatic rings. The van der Waals surface area contributed by atoms with Crippen molar-refractivity contribution in [1.29, 1.82) is 0 Å². The van der Waals surface area contributed by atoms with Crippen molar-refractivity contribution in [2.24, 2.45) is 11.8 Å². The van der Waals surface area contributed by atoms with E-state index in [0.717, 1.165) is 62.4 Å². The summed E-state index contributed by atoms with van der Waals surface area (Å²) in [7, 11) is 0. The topological polar surface area (TPSA) is 32.3 Å². The maximum atomic E-state index is 13.5. The van der Waals surface area contributed by atoms with Crippen LogP contribution in [0.5, 0.6) is 0 Å². The van der Waals surface area contributed by atoms with Gasteiger partial charge in [-0.05, 0) is 42.4 Å². The first-order valence-corrected chi connectivity index (χ1v) is 9.33. The minimum Gasteiger partial charge on any atom is -0.341 e. The summed E-state index contributed by atoms with van der Waals surface area (Å²) >= 11 is 6.24. The molecule has 2 saturated heterocycles. The molecule has 124 valence electrons. The number of carbonyl (C=O) groups excluding carboxylic acids is 1. The van der Waals surface area contributed by atoms with Crippen LogP contribution in [0.1, 0.15) is 37.7 Å². The van der Waals surface area contributed by atoms with Crippen molar-refractivity contribution in [3.8, 4) is 0 Å². The quantitative estimate of drug-likeness (QED) is 0.902. The molecule has 1 saturated carbocycles. The third-order valence-corrected chi connectivity index (χ3v) is 6.41. The van der Waals surface area contributed by atoms with Crippen molar-refractivity contribution in [2.75, 3.05) is 26.2 Å². The molecular formula is C19H25ClN2O. The second-order valence-corrected chi connectivity index (χ2v) is 7.98. The molecule has 2 heterocycles. The van der Waals surface area contributed by atoms with E-state index in [2.05, 4.69) is 16.3 Å². The van der Waals surface area contributed by atoms with E-state index in [1.165, 1.54) is 6.42 Å². The van der Waals surface area contributed by atoms with Gasteiger partial charge < -0.3 is 10.2 Å². The van der Waals surface area contributed by atoms with E-state index in [-0.39, 0.29) is 5.41 Å². The smallest absolute Gasteiger partial charge is 0.233 e. The molecule has 4 heteroatoms. The lowest BCUT2D eigenvalue weighted by Gasteiger charge is -2.39. The number of benzene rings is 1. The van der Waals surface area contributed by atoms with Crippen LogP contribution in [0.15, 0.2) is 24.3 Å². The van der Waals surface area contributed by atoms with Gasteiger partial charge in [0.25, 0.3) is 0 Å². The molecule has 1 N–H and O–H groups in total. The molecule has 1 aliphatic carbocycles. The Morgan fingerprint density at radius 1 is 1.13 bits per heavy atom. The zero-order chi connectivity index (χ0) is 15.9. The zero-order valence-electron chi connectivity index (χ0n) is 13.6. The highest BCUT2D eigenvalue weighted by atomic mass is 35.5. The van der Waals surface area contributed by atoms with Gasteiger partial charge in [0.15, 0.2) is 0 Å². The van der Waals surface area contributed by atoms with Crippen molar-refractivity contribution in [1.82, 2.24) is 10.2 Å². The Morgan fingerprint density at radius 2 is 1.83 bits per heavy atom. The SMILES string of the molecule is O=C(N1C[C@H]2CNC[C@H]2C1)C1(c2cccc(Cl)c2)CCCCC1. The first-order valence-electron chi connectivity index (χ1n) is 8.95. The minimum atomic E-state index is -0.338. The van der Waals surface area contributed by atoms with Crippen molar-refractivity contribution in [3.05, 3.63) is 34.9 Å². The number of hydrogen-bond acceptors (Lipinski definition) is 2. The average molecular weight is 333 g/mol. The fourth-order valence-electron chi connectivity index (χ4n) is 4.89. The highest BCUT2D eigenvalue weighted by Crippen LogP contribution is 2.43. The Balaban J connectivity index is 1.64. The van der Waals surface area contributed by atoms with E-state index >= 15 is 0 Å². The number of amides is 1. The summed E-state index contributed by atoms with van der Waals surface area (Å²) in [5.41, 5.74) is 0.791. The van der Waals surface area contributed by atoms with E-state index in [4.69, 9.17) is 11.6 Å². The lowest BCUT2D eigenvalue weighted by Crippen LogP contribution is -2.48. The van der Waals surface area contributed by atoms with Gasteiger partial charge in [0.1, 0.15) is 0 Å². The number of likely N-dealkylation sites (tertiary alicyclic amines) is 1. The van der Waals surface area contributed by atoms with Crippen LogP contribution in [-0.2, 0) is 10.2 Å². The average Bonchev–Trinajstić information content (AvgIpc) is 3.16. The molecule has 0 unspecified atom stereocenters. The maximum Gasteiger partial charge on any atom is 0.233 e. The molecule has 3 nitrogen and oxygen atoms in total. The van der Waals surface area contributed by atoms with Gasteiger partial charge in [-0.2, -0.15) is 0 Å². The van der Waals surface area contributed by atoms with Crippen LogP contribution in [0.3, 0.4) is 0 Å². The Bertz CT molecular complexity index is 585. The number of carbonyl (C=O) groups is 1. The van der Waals surface area contributed by atoms with Crippen LogP contribution >= 0.6 is 11.6 Å². The van der Waals surface area contributed by atoms with Gasteiger partial charge in [-0.1, -0.05) is 43.0 Å². The van der Waals surface area contributed by atoms with E-state index in [9.17, 15) is 4.79 Å². The fourth-order valence-corrected chi connectivity index (χ4v) is 5.08. The van der Waals surface area contributed by atoms with Gasteiger partial charge in [-0.3, -0.25) is 4.79 Å². The lowest BCUT2D eigenvalue weighted by molar-refractivity contribution is -0.138. The molecule has 0 spiro atoms. The van der Waals surface area contributed by atoms with E-state index in [1.807, 2.05) is 18.2 Å². The predicted molar refractivity (Wildman–Crippen MR) is 92.6 cm³/mol. The van der Waals surface area contributed by atoms with Crippen LogP contribution in [-0.4, -0.2) is 37.0 Å². The molecule has 2 atom stereocenters. The van der Waals surface area contributed by atoms with Crippen LogP contribution in [0, 0.1) is 11.8 Å². The highest BCUT2D eigenvalue weighted by molar-refractivity contribution is 6.30. The Kier molecular flexibility index (Phi) is 4.10. The van der Waals surface area contributed by atoms with Crippen LogP contribution in [0.2, 0.25) is 5.02 Å². The summed E-state index contributed by atoms with van der Waals surface area (Å²) in [6.07, 6.45) is 5.46. The number of halogens is 1. The first kappa shape index (κ1) is 15.5. The third-order valence-electron chi connectivity index (χ3n) is 6.17. The number of nitrogens with zero attached hydrogens (tertiary/aromatic N) is 1. The molecule has 0 radical (unpaired) electrons. The normalized spacial score (nSPS) is 29.5. The molecule has 0 aromatic heterocycles. The summed E-state index contributed by atoms with van der Waals surface area (Å²) in [5.74, 6) is 1.66. The third kappa shape index (κ3) is 2.68. The first-order chi connectivity index (χ1) is 11.2. The Labute approximate surface area is 143 Å². The van der Waals surface area contributed by atoms with Crippen molar-refractivity contribution in [3.63, 3.8) is 0 Å². The molecule has 1 aromatic carbocycles. The molecule has 1 amide bonds. The predicted octanol–water partition coefficient (Wildman–Crippen LogP) is 3.22. The second kappa shape index (κ2) is 6.10. The van der Waals surface area contributed by atoms with Crippen molar-refractivity contribution >= 4 is 17.5 Å². The van der Waals surface area contributed by atoms with E-state index in [1.54, 1.807) is 0 Å². The Morgan fingerprint density at radius 3 is 2.48 bits per heavy atom. The number of hydrogen-bond donors (Lipinski definition) is 1. The monoisotopic (exact) mass is 332 g/mol. The zero-order valence-corrected chi connectivity index (χ0v) is 14.3. The van der Waals surface area contributed by atoms with Crippen LogP contribution < -0.4 is 5.32 Å². The van der Waals surface area contributed by atoms with Gasteiger partial charge in [-0.15, -0.1) is 0 Å². The van der Waals surface area contributed by atoms with Gasteiger partial charge in [0.2, 0.25) is 5.91 Å². The molecule has 23 heavy (non-hydrogen) atoms. The minimum absolute atomic E-state index is 0.338. The second-order valence-electron chi connectivity index (χ2n) is 7.54. The summed E-state index contributed by atoms with van der Waals surface area (Å²) in [6.45, 7) is 3.99. The molecule has 3 aliphatic rings. The maximum absolute atomic E-state index is 13.5. The van der Waals surface area contributed by atoms with Gasteiger partial charge in [0, 0.05) is 31.2 Å². The highest BCUT2D eigenvalue weighted by Gasteiger charge is 2.47. The molecule has 3 fully saturated rings. The van der Waals surface area contributed by atoms with Gasteiger partial charge >= 0.3 is 0 Å². The standard InChI is InChI=1S/C19H25ClN2O/c20-17-6-4-5-16(9-17)19(7-2-1-3-8-19)18(23)22-12-14-10-21-11-15(14)13-22/h4-6,9,14-15,21H,1-3,7-8,10-13H2/t14-,15+. The Hall–Kier alpha value is -1.06. The molecule has 0 bridgehead atoms.